The third-order valence-electron chi connectivity index (χ3n) is 5.26. The van der Waals surface area contributed by atoms with Crippen LogP contribution in [0.25, 0.3) is 6.08 Å². The summed E-state index contributed by atoms with van der Waals surface area (Å²) < 4.78 is 13.9. The second-order valence-corrected chi connectivity index (χ2v) is 10.3. The van der Waals surface area contributed by atoms with Gasteiger partial charge in [0, 0.05) is 15.1 Å². The number of methoxy groups -OCH3 is 1. The maximum absolute atomic E-state index is 13.7. The lowest BCUT2D eigenvalue weighted by molar-refractivity contribution is -0.143. The molecule has 1 atom stereocenters. The predicted molar refractivity (Wildman–Crippen MR) is 137 cm³/mol. The monoisotopic (exact) mass is 560 g/mol. The first-order valence-electron chi connectivity index (χ1n) is 10.5. The Morgan fingerprint density at radius 3 is 2.68 bits per heavy atom. The fourth-order valence-electron chi connectivity index (χ4n) is 3.81. The van der Waals surface area contributed by atoms with Crippen molar-refractivity contribution in [3.05, 3.63) is 94.0 Å². The molecule has 4 rings (SSSR count). The van der Waals surface area contributed by atoms with Crippen LogP contribution in [0.1, 0.15) is 37.9 Å². The highest BCUT2D eigenvalue weighted by atomic mass is 79.9. The smallest absolute Gasteiger partial charge is 0.338 e. The molecule has 0 fully saturated rings. The zero-order valence-corrected chi connectivity index (χ0v) is 22.1. The van der Waals surface area contributed by atoms with E-state index in [0.717, 1.165) is 10.0 Å². The van der Waals surface area contributed by atoms with Gasteiger partial charge in [0.25, 0.3) is 5.56 Å². The van der Waals surface area contributed by atoms with Crippen LogP contribution in [0.2, 0.25) is 5.02 Å². The van der Waals surface area contributed by atoms with Crippen LogP contribution in [0.5, 0.6) is 5.75 Å². The maximum Gasteiger partial charge on any atom is 0.338 e. The van der Waals surface area contributed by atoms with Gasteiger partial charge in [-0.1, -0.05) is 57.1 Å². The number of halogens is 2. The molecule has 1 aliphatic heterocycles. The molecule has 2 aromatic carbocycles. The molecule has 6 nitrogen and oxygen atoms in total. The summed E-state index contributed by atoms with van der Waals surface area (Å²) in [6.07, 6.45) is 1.41. The first-order chi connectivity index (χ1) is 16.2. The average molecular weight is 562 g/mol. The van der Waals surface area contributed by atoms with E-state index in [1.807, 2.05) is 30.3 Å². The Bertz CT molecular complexity index is 1490. The molecule has 1 aromatic heterocycles. The van der Waals surface area contributed by atoms with E-state index in [1.165, 1.54) is 15.9 Å². The van der Waals surface area contributed by atoms with Gasteiger partial charge >= 0.3 is 5.97 Å². The first kappa shape index (κ1) is 24.4. The molecule has 0 bridgehead atoms. The van der Waals surface area contributed by atoms with Gasteiger partial charge in [-0.25, -0.2) is 9.79 Å². The van der Waals surface area contributed by atoms with Gasteiger partial charge in [-0.05, 0) is 56.7 Å². The molecular weight excluding hydrogens is 540 g/mol. The summed E-state index contributed by atoms with van der Waals surface area (Å²) in [6, 6.07) is 12.0. The Hall–Kier alpha value is -2.68. The van der Waals surface area contributed by atoms with E-state index in [1.54, 1.807) is 46.1 Å². The molecule has 2 heterocycles. The van der Waals surface area contributed by atoms with Crippen LogP contribution in [0.15, 0.2) is 68.0 Å². The van der Waals surface area contributed by atoms with Gasteiger partial charge in [-0.15, -0.1) is 0 Å². The zero-order chi connectivity index (χ0) is 24.6. The summed E-state index contributed by atoms with van der Waals surface area (Å²) >= 11 is 11.1. The van der Waals surface area contributed by atoms with Gasteiger partial charge in [-0.3, -0.25) is 9.36 Å². The van der Waals surface area contributed by atoms with E-state index >= 15 is 0 Å². The van der Waals surface area contributed by atoms with Gasteiger partial charge in [0.2, 0.25) is 0 Å². The number of nitrogens with zero attached hydrogens (tertiary/aromatic N) is 2. The van der Waals surface area contributed by atoms with Gasteiger partial charge in [0.05, 0.1) is 29.0 Å². The van der Waals surface area contributed by atoms with Crippen LogP contribution < -0.4 is 19.6 Å². The standard InChI is InChI=1S/C25H22BrClN2O4S/c1-13(2)33-24(31)21-14(3)28-25-29(22(21)17-12-16(26)9-10-19(17)32-4)23(30)20(34-25)11-15-7-5-6-8-18(15)27/h5-13,22H,1-4H3/b20-11-/t22-/m1/s1. The molecule has 0 radical (unpaired) electrons. The van der Waals surface area contributed by atoms with Gasteiger partial charge in [-0.2, -0.15) is 0 Å². The second-order valence-electron chi connectivity index (χ2n) is 7.94. The third kappa shape index (κ3) is 4.62. The van der Waals surface area contributed by atoms with E-state index in [0.29, 0.717) is 36.9 Å². The Balaban J connectivity index is 2.02. The third-order valence-corrected chi connectivity index (χ3v) is 7.08. The van der Waals surface area contributed by atoms with E-state index in [4.69, 9.17) is 21.1 Å². The van der Waals surface area contributed by atoms with Crippen molar-refractivity contribution in [1.29, 1.82) is 0 Å². The minimum absolute atomic E-state index is 0.280. The summed E-state index contributed by atoms with van der Waals surface area (Å²) in [5.74, 6) is 0.0158. The summed E-state index contributed by atoms with van der Waals surface area (Å²) in [5.41, 5.74) is 1.87. The Morgan fingerprint density at radius 1 is 1.26 bits per heavy atom. The Labute approximate surface area is 213 Å². The lowest BCUT2D eigenvalue weighted by Gasteiger charge is -2.26. The minimum atomic E-state index is -0.775. The molecule has 0 aliphatic carbocycles. The molecule has 0 unspecified atom stereocenters. The summed E-state index contributed by atoms with van der Waals surface area (Å²) in [6.45, 7) is 5.31. The molecule has 0 spiro atoms. The lowest BCUT2D eigenvalue weighted by Crippen LogP contribution is -2.40. The van der Waals surface area contributed by atoms with E-state index in [9.17, 15) is 9.59 Å². The quantitative estimate of drug-likeness (QED) is 0.427. The maximum atomic E-state index is 13.7. The predicted octanol–water partition coefficient (Wildman–Crippen LogP) is 4.61. The fraction of sp³-hybridized carbons (Fsp3) is 0.240. The molecular formula is C25H22BrClN2O4S. The van der Waals surface area contributed by atoms with Crippen LogP contribution in [-0.2, 0) is 9.53 Å². The van der Waals surface area contributed by atoms with Crippen LogP contribution in [0.3, 0.4) is 0 Å². The van der Waals surface area contributed by atoms with Crippen molar-refractivity contribution >= 4 is 50.9 Å². The number of hydrogen-bond acceptors (Lipinski definition) is 6. The molecule has 0 N–H and O–H groups in total. The molecule has 9 heteroatoms. The van der Waals surface area contributed by atoms with Crippen molar-refractivity contribution in [2.45, 2.75) is 32.9 Å². The molecule has 0 saturated heterocycles. The minimum Gasteiger partial charge on any atom is -0.496 e. The first-order valence-corrected chi connectivity index (χ1v) is 12.5. The largest absolute Gasteiger partial charge is 0.496 e. The Kier molecular flexibility index (Phi) is 7.12. The fourth-order valence-corrected chi connectivity index (χ4v) is 5.41. The molecule has 34 heavy (non-hydrogen) atoms. The van der Waals surface area contributed by atoms with Crippen molar-refractivity contribution in [2.24, 2.45) is 4.99 Å². The van der Waals surface area contributed by atoms with Crippen molar-refractivity contribution in [3.63, 3.8) is 0 Å². The number of carbonyl (C=O) groups is 1. The topological polar surface area (TPSA) is 69.9 Å². The van der Waals surface area contributed by atoms with E-state index < -0.39 is 12.0 Å². The number of rotatable bonds is 5. The SMILES string of the molecule is COc1ccc(Br)cc1[C@@H]1C(C(=O)OC(C)C)=C(C)N=c2s/c(=C\c3ccccc3Cl)c(=O)n21. The number of esters is 1. The number of allylic oxidation sites excluding steroid dienone is 1. The molecule has 176 valence electrons. The number of benzene rings is 2. The van der Waals surface area contributed by atoms with Crippen molar-refractivity contribution < 1.29 is 14.3 Å². The molecule has 3 aromatic rings. The van der Waals surface area contributed by atoms with Crippen molar-refractivity contribution in [3.8, 4) is 5.75 Å². The van der Waals surface area contributed by atoms with Gasteiger partial charge in [0.15, 0.2) is 4.80 Å². The van der Waals surface area contributed by atoms with Gasteiger partial charge in [0.1, 0.15) is 11.8 Å². The normalized spacial score (nSPS) is 15.9. The highest BCUT2D eigenvalue weighted by molar-refractivity contribution is 9.10. The van der Waals surface area contributed by atoms with E-state index in [-0.39, 0.29) is 11.7 Å². The van der Waals surface area contributed by atoms with Crippen LogP contribution in [0.4, 0.5) is 0 Å². The number of thiazole rings is 1. The van der Waals surface area contributed by atoms with Crippen LogP contribution in [0, 0.1) is 0 Å². The average Bonchev–Trinajstić information content (AvgIpc) is 3.08. The van der Waals surface area contributed by atoms with Crippen LogP contribution >= 0.6 is 38.9 Å². The summed E-state index contributed by atoms with van der Waals surface area (Å²) in [4.78, 5) is 32.0. The van der Waals surface area contributed by atoms with Gasteiger partial charge < -0.3 is 9.47 Å². The highest BCUT2D eigenvalue weighted by Crippen LogP contribution is 2.37. The number of fused-ring (bicyclic) bond motifs is 1. The second kappa shape index (κ2) is 9.90. The molecule has 0 saturated carbocycles. The number of carbonyl (C=O) groups excluding carboxylic acids is 1. The number of ether oxygens (including phenoxy) is 2. The number of aromatic nitrogens is 1. The molecule has 0 amide bonds. The van der Waals surface area contributed by atoms with E-state index in [2.05, 4.69) is 20.9 Å². The molecule has 1 aliphatic rings. The number of hydrogen-bond donors (Lipinski definition) is 0. The Morgan fingerprint density at radius 2 is 2.00 bits per heavy atom. The zero-order valence-electron chi connectivity index (χ0n) is 19.0. The highest BCUT2D eigenvalue weighted by Gasteiger charge is 2.35. The van der Waals surface area contributed by atoms with Crippen molar-refractivity contribution in [2.75, 3.05) is 7.11 Å². The summed E-state index contributed by atoms with van der Waals surface area (Å²) in [7, 11) is 1.55. The summed E-state index contributed by atoms with van der Waals surface area (Å²) in [5, 5.41) is 0.538. The lowest BCUT2D eigenvalue weighted by atomic mass is 9.95. The van der Waals surface area contributed by atoms with Crippen molar-refractivity contribution in [1.82, 2.24) is 4.57 Å². The van der Waals surface area contributed by atoms with Crippen LogP contribution in [-0.4, -0.2) is 23.8 Å².